The van der Waals surface area contributed by atoms with Gasteiger partial charge in [0.25, 0.3) is 0 Å². The van der Waals surface area contributed by atoms with Crippen molar-refractivity contribution in [3.05, 3.63) is 12.4 Å². The van der Waals surface area contributed by atoms with E-state index in [0.717, 1.165) is 25.8 Å². The maximum absolute atomic E-state index is 11.4. The summed E-state index contributed by atoms with van der Waals surface area (Å²) in [5, 5.41) is 7.63. The highest BCUT2D eigenvalue weighted by molar-refractivity contribution is 7.90. The highest BCUT2D eigenvalue weighted by atomic mass is 32.2. The molecule has 5 nitrogen and oxygen atoms in total. The van der Waals surface area contributed by atoms with Crippen LogP contribution in [0.5, 0.6) is 0 Å². The van der Waals surface area contributed by atoms with Crippen LogP contribution in [0.1, 0.15) is 32.2 Å². The number of aromatic nitrogens is 2. The van der Waals surface area contributed by atoms with Crippen molar-refractivity contribution in [2.75, 3.05) is 12.8 Å². The first kappa shape index (κ1) is 12.6. The Morgan fingerprint density at radius 3 is 2.88 bits per heavy atom. The first-order valence-corrected chi connectivity index (χ1v) is 7.89. The number of hydrogen-bond donors (Lipinski definition) is 1. The zero-order valence-electron chi connectivity index (χ0n) is 10.3. The summed E-state index contributed by atoms with van der Waals surface area (Å²) in [6.07, 6.45) is 7.66. The summed E-state index contributed by atoms with van der Waals surface area (Å²) in [4.78, 5) is 0.305. The molecule has 0 aromatic carbocycles. The molecule has 1 saturated carbocycles. The Hall–Kier alpha value is -0.880. The van der Waals surface area contributed by atoms with Gasteiger partial charge in [0.05, 0.1) is 12.2 Å². The predicted octanol–water partition coefficient (Wildman–Crippen LogP) is 0.990. The van der Waals surface area contributed by atoms with Gasteiger partial charge in [0, 0.05) is 18.5 Å². The van der Waals surface area contributed by atoms with Gasteiger partial charge >= 0.3 is 0 Å². The van der Waals surface area contributed by atoms with Gasteiger partial charge in [-0.05, 0) is 25.8 Å². The molecule has 96 valence electrons. The zero-order valence-corrected chi connectivity index (χ0v) is 11.1. The monoisotopic (exact) mass is 257 g/mol. The van der Waals surface area contributed by atoms with Crippen LogP contribution >= 0.6 is 0 Å². The lowest BCUT2D eigenvalue weighted by molar-refractivity contribution is 0.371. The minimum atomic E-state index is -3.15. The van der Waals surface area contributed by atoms with Gasteiger partial charge in [-0.2, -0.15) is 5.10 Å². The standard InChI is InChI=1S/C11H19N3O2S/c1-3-12-10-5-4-6-11(10)14-8-9(7-13-14)17(2,15)16/h7-8,10-12H,3-6H2,1-2H3. The van der Waals surface area contributed by atoms with Crippen LogP contribution in [-0.2, 0) is 9.84 Å². The van der Waals surface area contributed by atoms with Crippen molar-refractivity contribution in [1.29, 1.82) is 0 Å². The van der Waals surface area contributed by atoms with Crippen LogP contribution in [0.25, 0.3) is 0 Å². The number of rotatable bonds is 4. The molecular weight excluding hydrogens is 238 g/mol. The molecule has 2 rings (SSSR count). The van der Waals surface area contributed by atoms with Crippen LogP contribution in [-0.4, -0.2) is 37.0 Å². The molecule has 2 unspecified atom stereocenters. The first-order chi connectivity index (χ1) is 8.02. The summed E-state index contributed by atoms with van der Waals surface area (Å²) in [5.74, 6) is 0. The molecule has 1 fully saturated rings. The van der Waals surface area contributed by atoms with E-state index in [2.05, 4.69) is 17.3 Å². The van der Waals surface area contributed by atoms with Crippen molar-refractivity contribution in [2.45, 2.75) is 43.2 Å². The second-order valence-electron chi connectivity index (χ2n) is 4.59. The third-order valence-corrected chi connectivity index (χ3v) is 4.36. The Kier molecular flexibility index (Phi) is 3.53. The summed E-state index contributed by atoms with van der Waals surface area (Å²) < 4.78 is 24.6. The lowest BCUT2D eigenvalue weighted by Gasteiger charge is -2.20. The highest BCUT2D eigenvalue weighted by Gasteiger charge is 2.29. The van der Waals surface area contributed by atoms with Crippen LogP contribution in [0.2, 0.25) is 0 Å². The molecular formula is C11H19N3O2S. The predicted molar refractivity (Wildman–Crippen MR) is 65.7 cm³/mol. The smallest absolute Gasteiger partial charge is 0.178 e. The molecule has 1 aromatic rings. The maximum atomic E-state index is 11.4. The quantitative estimate of drug-likeness (QED) is 0.873. The number of likely N-dealkylation sites (N-methyl/N-ethyl adjacent to an activating group) is 1. The fraction of sp³-hybridized carbons (Fsp3) is 0.727. The molecule has 6 heteroatoms. The van der Waals surface area contributed by atoms with Gasteiger partial charge in [-0.3, -0.25) is 4.68 Å². The van der Waals surface area contributed by atoms with Gasteiger partial charge in [0.2, 0.25) is 0 Å². The molecule has 2 atom stereocenters. The summed E-state index contributed by atoms with van der Waals surface area (Å²) in [6, 6.07) is 0.692. The Bertz CT molecular complexity index is 481. The van der Waals surface area contributed by atoms with Crippen LogP contribution in [0, 0.1) is 0 Å². The van der Waals surface area contributed by atoms with Gasteiger partial charge in [-0.1, -0.05) is 6.92 Å². The van der Waals surface area contributed by atoms with Gasteiger partial charge in [-0.25, -0.2) is 8.42 Å². The van der Waals surface area contributed by atoms with Crippen LogP contribution in [0.3, 0.4) is 0 Å². The summed E-state index contributed by atoms with van der Waals surface area (Å²) in [7, 11) is -3.15. The summed E-state index contributed by atoms with van der Waals surface area (Å²) >= 11 is 0. The van der Waals surface area contributed by atoms with Crippen LogP contribution in [0.4, 0.5) is 0 Å². The van der Waals surface area contributed by atoms with Crippen molar-refractivity contribution >= 4 is 9.84 Å². The minimum absolute atomic E-state index is 0.283. The van der Waals surface area contributed by atoms with Crippen molar-refractivity contribution in [3.63, 3.8) is 0 Å². The second kappa shape index (κ2) is 4.78. The van der Waals surface area contributed by atoms with Gasteiger partial charge in [0.15, 0.2) is 9.84 Å². The average molecular weight is 257 g/mol. The third kappa shape index (κ3) is 2.69. The molecule has 0 saturated heterocycles. The summed E-state index contributed by atoms with van der Waals surface area (Å²) in [6.45, 7) is 3.02. The van der Waals surface area contributed by atoms with Crippen molar-refractivity contribution in [2.24, 2.45) is 0 Å². The van der Waals surface area contributed by atoms with Crippen molar-refractivity contribution in [1.82, 2.24) is 15.1 Å². The van der Waals surface area contributed by atoms with E-state index in [-0.39, 0.29) is 6.04 Å². The number of sulfone groups is 1. The van der Waals surface area contributed by atoms with Crippen molar-refractivity contribution in [3.8, 4) is 0 Å². The molecule has 1 N–H and O–H groups in total. The molecule has 0 aliphatic heterocycles. The average Bonchev–Trinajstić information content (AvgIpc) is 2.82. The maximum Gasteiger partial charge on any atom is 0.178 e. The Morgan fingerprint density at radius 1 is 1.53 bits per heavy atom. The van der Waals surface area contributed by atoms with Gasteiger partial charge in [-0.15, -0.1) is 0 Å². The molecule has 0 bridgehead atoms. The van der Waals surface area contributed by atoms with E-state index in [1.54, 1.807) is 10.9 Å². The molecule has 0 spiro atoms. The second-order valence-corrected chi connectivity index (χ2v) is 6.61. The SMILES string of the molecule is CCNC1CCCC1n1cc(S(C)(=O)=O)cn1. The molecule has 0 amide bonds. The molecule has 1 aromatic heterocycles. The number of hydrogen-bond acceptors (Lipinski definition) is 4. The lowest BCUT2D eigenvalue weighted by Crippen LogP contribution is -2.33. The molecule has 1 aliphatic carbocycles. The highest BCUT2D eigenvalue weighted by Crippen LogP contribution is 2.30. The number of nitrogens with one attached hydrogen (secondary N) is 1. The molecule has 1 aliphatic rings. The van der Waals surface area contributed by atoms with E-state index < -0.39 is 9.84 Å². The van der Waals surface area contributed by atoms with E-state index >= 15 is 0 Å². The number of nitrogens with zero attached hydrogens (tertiary/aromatic N) is 2. The molecule has 17 heavy (non-hydrogen) atoms. The van der Waals surface area contributed by atoms with E-state index in [9.17, 15) is 8.42 Å². The Balaban J connectivity index is 2.20. The Morgan fingerprint density at radius 2 is 2.29 bits per heavy atom. The van der Waals surface area contributed by atoms with E-state index in [0.29, 0.717) is 10.9 Å². The van der Waals surface area contributed by atoms with Crippen LogP contribution < -0.4 is 5.32 Å². The topological polar surface area (TPSA) is 64.0 Å². The largest absolute Gasteiger partial charge is 0.312 e. The zero-order chi connectivity index (χ0) is 12.5. The summed E-state index contributed by atoms with van der Waals surface area (Å²) in [5.41, 5.74) is 0. The third-order valence-electron chi connectivity index (χ3n) is 3.29. The normalized spacial score (nSPS) is 25.3. The van der Waals surface area contributed by atoms with E-state index in [4.69, 9.17) is 0 Å². The fourth-order valence-corrected chi connectivity index (χ4v) is 2.99. The van der Waals surface area contributed by atoms with Gasteiger partial charge in [0.1, 0.15) is 4.90 Å². The van der Waals surface area contributed by atoms with E-state index in [1.807, 2.05) is 0 Å². The van der Waals surface area contributed by atoms with E-state index in [1.165, 1.54) is 12.5 Å². The van der Waals surface area contributed by atoms with Crippen molar-refractivity contribution < 1.29 is 8.42 Å². The minimum Gasteiger partial charge on any atom is -0.312 e. The van der Waals surface area contributed by atoms with Crippen LogP contribution in [0.15, 0.2) is 17.3 Å². The Labute approximate surface area is 102 Å². The molecule has 1 heterocycles. The van der Waals surface area contributed by atoms with Gasteiger partial charge < -0.3 is 5.32 Å². The first-order valence-electron chi connectivity index (χ1n) is 6.00. The fourth-order valence-electron chi connectivity index (χ4n) is 2.45. The molecule has 0 radical (unpaired) electrons. The lowest BCUT2D eigenvalue weighted by atomic mass is 10.2.